The van der Waals surface area contributed by atoms with E-state index in [4.69, 9.17) is 28.9 Å². The number of benzene rings is 1. The topological polar surface area (TPSA) is 63.4 Å². The lowest BCUT2D eigenvalue weighted by atomic mass is 10.0. The summed E-state index contributed by atoms with van der Waals surface area (Å²) in [6.45, 7) is 1.15. The number of anilines is 1. The van der Waals surface area contributed by atoms with Crippen LogP contribution in [-0.4, -0.2) is 25.8 Å². The van der Waals surface area contributed by atoms with E-state index in [0.717, 1.165) is 12.8 Å². The third-order valence-electron chi connectivity index (χ3n) is 4.31. The number of sulfonamides is 1. The largest absolute Gasteiger partial charge is 0.399 e. The molecule has 1 aromatic carbocycles. The van der Waals surface area contributed by atoms with Crippen molar-refractivity contribution in [3.63, 3.8) is 0 Å². The third-order valence-corrected chi connectivity index (χ3v) is 7.07. The van der Waals surface area contributed by atoms with Crippen molar-refractivity contribution < 1.29 is 8.42 Å². The zero-order chi connectivity index (χ0) is 14.5. The van der Waals surface area contributed by atoms with Gasteiger partial charge in [-0.25, -0.2) is 8.42 Å². The second-order valence-corrected chi connectivity index (χ2v) is 8.28. The van der Waals surface area contributed by atoms with E-state index in [1.807, 2.05) is 0 Å². The lowest BCUT2D eigenvalue weighted by Crippen LogP contribution is -2.30. The molecule has 110 valence electrons. The molecule has 4 nitrogen and oxygen atoms in total. The van der Waals surface area contributed by atoms with Gasteiger partial charge in [0, 0.05) is 18.8 Å². The molecule has 0 bridgehead atoms. The van der Waals surface area contributed by atoms with E-state index in [1.54, 1.807) is 0 Å². The van der Waals surface area contributed by atoms with Crippen molar-refractivity contribution in [2.45, 2.75) is 24.2 Å². The first kappa shape index (κ1) is 14.4. The minimum Gasteiger partial charge on any atom is -0.399 e. The molecule has 2 unspecified atom stereocenters. The zero-order valence-electron chi connectivity index (χ0n) is 10.9. The van der Waals surface area contributed by atoms with Crippen LogP contribution in [0.4, 0.5) is 5.69 Å². The number of nitrogens with zero attached hydrogens (tertiary/aromatic N) is 1. The van der Waals surface area contributed by atoms with Crippen molar-refractivity contribution in [2.75, 3.05) is 18.8 Å². The van der Waals surface area contributed by atoms with Gasteiger partial charge < -0.3 is 5.73 Å². The summed E-state index contributed by atoms with van der Waals surface area (Å²) in [5.74, 6) is 0.965. The minimum atomic E-state index is -3.64. The molecule has 20 heavy (non-hydrogen) atoms. The van der Waals surface area contributed by atoms with Gasteiger partial charge in [-0.05, 0) is 36.8 Å². The predicted octanol–water partition coefficient (Wildman–Crippen LogP) is 3.00. The van der Waals surface area contributed by atoms with Crippen LogP contribution in [0.1, 0.15) is 19.3 Å². The molecule has 2 fully saturated rings. The Labute approximate surface area is 128 Å². The third kappa shape index (κ3) is 2.30. The molecule has 2 N–H and O–H groups in total. The van der Waals surface area contributed by atoms with Gasteiger partial charge >= 0.3 is 0 Å². The molecule has 1 saturated heterocycles. The molecule has 0 spiro atoms. The summed E-state index contributed by atoms with van der Waals surface area (Å²) < 4.78 is 27.0. The van der Waals surface area contributed by atoms with Crippen molar-refractivity contribution in [1.82, 2.24) is 4.31 Å². The fourth-order valence-corrected chi connectivity index (χ4v) is 6.08. The monoisotopic (exact) mass is 334 g/mol. The Morgan fingerprint density at radius 2 is 1.60 bits per heavy atom. The van der Waals surface area contributed by atoms with Gasteiger partial charge in [0.1, 0.15) is 4.90 Å². The van der Waals surface area contributed by atoms with Crippen LogP contribution < -0.4 is 5.73 Å². The van der Waals surface area contributed by atoms with Crippen LogP contribution in [0.3, 0.4) is 0 Å². The SMILES string of the molecule is Nc1cc(Cl)c(S(=O)(=O)N2CC3CCCC3C2)c(Cl)c1. The summed E-state index contributed by atoms with van der Waals surface area (Å²) in [5.41, 5.74) is 5.98. The summed E-state index contributed by atoms with van der Waals surface area (Å²) in [5, 5.41) is 0.180. The molecule has 2 aliphatic rings. The van der Waals surface area contributed by atoms with Crippen molar-refractivity contribution in [3.05, 3.63) is 22.2 Å². The molecule has 1 saturated carbocycles. The van der Waals surface area contributed by atoms with E-state index in [0.29, 0.717) is 30.6 Å². The van der Waals surface area contributed by atoms with E-state index in [9.17, 15) is 8.42 Å². The number of nitrogen functional groups attached to an aromatic ring is 1. The summed E-state index contributed by atoms with van der Waals surface area (Å²) in [7, 11) is -3.64. The van der Waals surface area contributed by atoms with Crippen molar-refractivity contribution in [2.24, 2.45) is 11.8 Å². The molecule has 1 heterocycles. The molecule has 0 radical (unpaired) electrons. The van der Waals surface area contributed by atoms with Crippen LogP contribution in [0.15, 0.2) is 17.0 Å². The second-order valence-electron chi connectivity index (χ2n) is 5.59. The molecular weight excluding hydrogens is 319 g/mol. The lowest BCUT2D eigenvalue weighted by molar-refractivity contribution is 0.445. The van der Waals surface area contributed by atoms with Crippen LogP contribution in [0.25, 0.3) is 0 Å². The highest BCUT2D eigenvalue weighted by molar-refractivity contribution is 7.89. The Balaban J connectivity index is 1.97. The maximum atomic E-state index is 12.7. The summed E-state index contributed by atoms with van der Waals surface area (Å²) in [4.78, 5) is -0.0185. The average Bonchev–Trinajstić information content (AvgIpc) is 2.85. The minimum absolute atomic E-state index is 0.0185. The van der Waals surface area contributed by atoms with Gasteiger partial charge in [0.05, 0.1) is 10.0 Å². The first-order chi connectivity index (χ1) is 9.39. The lowest BCUT2D eigenvalue weighted by Gasteiger charge is -2.19. The molecule has 3 rings (SSSR count). The van der Waals surface area contributed by atoms with Crippen LogP contribution in [0.5, 0.6) is 0 Å². The van der Waals surface area contributed by atoms with E-state index in [1.165, 1.54) is 22.9 Å². The van der Waals surface area contributed by atoms with E-state index in [-0.39, 0.29) is 14.9 Å². The summed E-state index contributed by atoms with van der Waals surface area (Å²) in [6, 6.07) is 2.86. The first-order valence-corrected chi connectivity index (χ1v) is 8.84. The van der Waals surface area contributed by atoms with Crippen molar-refractivity contribution >= 4 is 38.9 Å². The number of fused-ring (bicyclic) bond motifs is 1. The maximum absolute atomic E-state index is 12.7. The van der Waals surface area contributed by atoms with Gasteiger partial charge in [-0.2, -0.15) is 4.31 Å². The van der Waals surface area contributed by atoms with Crippen LogP contribution in [-0.2, 0) is 10.0 Å². The van der Waals surface area contributed by atoms with Gasteiger partial charge in [0.15, 0.2) is 0 Å². The number of hydrogen-bond donors (Lipinski definition) is 1. The van der Waals surface area contributed by atoms with Crippen molar-refractivity contribution in [1.29, 1.82) is 0 Å². The van der Waals surface area contributed by atoms with Crippen molar-refractivity contribution in [3.8, 4) is 0 Å². The fourth-order valence-electron chi connectivity index (χ4n) is 3.34. The Morgan fingerprint density at radius 3 is 2.10 bits per heavy atom. The van der Waals surface area contributed by atoms with E-state index in [2.05, 4.69) is 0 Å². The highest BCUT2D eigenvalue weighted by Gasteiger charge is 2.42. The average molecular weight is 335 g/mol. The van der Waals surface area contributed by atoms with Crippen LogP contribution >= 0.6 is 23.2 Å². The quantitative estimate of drug-likeness (QED) is 0.845. The van der Waals surface area contributed by atoms with Crippen LogP contribution in [0, 0.1) is 11.8 Å². The number of halogens is 2. The van der Waals surface area contributed by atoms with Gasteiger partial charge in [-0.3, -0.25) is 0 Å². The Morgan fingerprint density at radius 1 is 1.10 bits per heavy atom. The zero-order valence-corrected chi connectivity index (χ0v) is 13.2. The van der Waals surface area contributed by atoms with Gasteiger partial charge in [0.25, 0.3) is 0 Å². The Kier molecular flexibility index (Phi) is 3.65. The van der Waals surface area contributed by atoms with E-state index < -0.39 is 10.0 Å². The van der Waals surface area contributed by atoms with Gasteiger partial charge in [-0.1, -0.05) is 29.6 Å². The van der Waals surface area contributed by atoms with E-state index >= 15 is 0 Å². The predicted molar refractivity (Wildman–Crippen MR) is 80.5 cm³/mol. The fraction of sp³-hybridized carbons (Fsp3) is 0.538. The molecule has 2 atom stereocenters. The smallest absolute Gasteiger partial charge is 0.246 e. The maximum Gasteiger partial charge on any atom is 0.246 e. The molecule has 1 aromatic rings. The first-order valence-electron chi connectivity index (χ1n) is 6.64. The van der Waals surface area contributed by atoms with Gasteiger partial charge in [-0.15, -0.1) is 0 Å². The molecule has 7 heteroatoms. The molecule has 1 aliphatic carbocycles. The number of rotatable bonds is 2. The number of nitrogens with two attached hydrogens (primary N) is 1. The van der Waals surface area contributed by atoms with Crippen LogP contribution in [0.2, 0.25) is 10.0 Å². The normalized spacial score (nSPS) is 26.9. The molecule has 0 aromatic heterocycles. The molecule has 1 aliphatic heterocycles. The highest BCUT2D eigenvalue weighted by atomic mass is 35.5. The standard InChI is InChI=1S/C13H16Cl2N2O2S/c14-11-4-10(16)5-12(15)13(11)20(18,19)17-6-8-2-1-3-9(8)7-17/h4-5,8-9H,1-3,6-7,16H2. The Bertz CT molecular complexity index is 613. The number of hydrogen-bond acceptors (Lipinski definition) is 3. The molecular formula is C13H16Cl2N2O2S. The Hall–Kier alpha value is -0.490. The molecule has 0 amide bonds. The second kappa shape index (κ2) is 5.05. The summed E-state index contributed by atoms with van der Waals surface area (Å²) >= 11 is 12.1. The highest BCUT2D eigenvalue weighted by Crippen LogP contribution is 2.42. The summed E-state index contributed by atoms with van der Waals surface area (Å²) in [6.07, 6.45) is 3.42. The van der Waals surface area contributed by atoms with Gasteiger partial charge in [0.2, 0.25) is 10.0 Å².